The number of nitrogens with zero attached hydrogens (tertiary/aromatic N) is 1. The molecule has 20 heavy (non-hydrogen) atoms. The van der Waals surface area contributed by atoms with Crippen LogP contribution in [0.25, 0.3) is 0 Å². The van der Waals surface area contributed by atoms with Crippen molar-refractivity contribution in [2.75, 3.05) is 33.4 Å². The summed E-state index contributed by atoms with van der Waals surface area (Å²) in [6, 6.07) is 0.760. The lowest BCUT2D eigenvalue weighted by molar-refractivity contribution is -0.124. The molecular formula is C15H29N3O2. The molecule has 0 aromatic rings. The Bertz CT molecular complexity index is 305. The van der Waals surface area contributed by atoms with E-state index in [4.69, 9.17) is 10.5 Å². The lowest BCUT2D eigenvalue weighted by atomic mass is 9.84. The molecule has 5 heteroatoms. The standard InChI is InChI=1S/C15H29N3O2/c1-18(14-5-3-2-4-12(14)10-16)11-15(19)17-13-6-8-20-9-7-13/h12-14H,2-11,16H2,1H3,(H,17,19). The van der Waals surface area contributed by atoms with E-state index in [1.807, 2.05) is 0 Å². The molecule has 2 unspecified atom stereocenters. The van der Waals surface area contributed by atoms with E-state index in [0.717, 1.165) is 32.6 Å². The third-order valence-electron chi connectivity index (χ3n) is 4.72. The average Bonchev–Trinajstić information content (AvgIpc) is 2.48. The van der Waals surface area contributed by atoms with Gasteiger partial charge in [-0.15, -0.1) is 0 Å². The first-order chi connectivity index (χ1) is 9.70. The van der Waals surface area contributed by atoms with Crippen LogP contribution in [0.3, 0.4) is 0 Å². The lowest BCUT2D eigenvalue weighted by Gasteiger charge is -2.37. The van der Waals surface area contributed by atoms with Crippen LogP contribution in [0.2, 0.25) is 0 Å². The van der Waals surface area contributed by atoms with E-state index in [2.05, 4.69) is 17.3 Å². The molecule has 0 bridgehead atoms. The maximum absolute atomic E-state index is 12.1. The number of hydrogen-bond acceptors (Lipinski definition) is 4. The van der Waals surface area contributed by atoms with Gasteiger partial charge in [-0.1, -0.05) is 12.8 Å². The first kappa shape index (κ1) is 15.7. The summed E-state index contributed by atoms with van der Waals surface area (Å²) in [5.74, 6) is 0.686. The predicted molar refractivity (Wildman–Crippen MR) is 79.4 cm³/mol. The summed E-state index contributed by atoms with van der Waals surface area (Å²) in [4.78, 5) is 14.3. The Kier molecular flexibility index (Phi) is 6.26. The molecule has 1 heterocycles. The zero-order valence-electron chi connectivity index (χ0n) is 12.6. The minimum absolute atomic E-state index is 0.140. The van der Waals surface area contributed by atoms with Crippen molar-refractivity contribution in [1.29, 1.82) is 0 Å². The van der Waals surface area contributed by atoms with Gasteiger partial charge < -0.3 is 15.8 Å². The van der Waals surface area contributed by atoms with Crippen LogP contribution in [0.4, 0.5) is 0 Å². The van der Waals surface area contributed by atoms with Crippen LogP contribution < -0.4 is 11.1 Å². The molecule has 3 N–H and O–H groups in total. The molecule has 2 fully saturated rings. The highest BCUT2D eigenvalue weighted by Crippen LogP contribution is 2.26. The van der Waals surface area contributed by atoms with Gasteiger partial charge >= 0.3 is 0 Å². The summed E-state index contributed by atoms with van der Waals surface area (Å²) in [5.41, 5.74) is 5.87. The number of carbonyl (C=O) groups excluding carboxylic acids is 1. The van der Waals surface area contributed by atoms with Crippen molar-refractivity contribution in [3.05, 3.63) is 0 Å². The molecule has 116 valence electrons. The normalized spacial score (nSPS) is 28.6. The molecule has 1 saturated carbocycles. The number of nitrogens with two attached hydrogens (primary N) is 1. The maximum Gasteiger partial charge on any atom is 0.234 e. The molecule has 0 aromatic heterocycles. The Labute approximate surface area is 122 Å². The van der Waals surface area contributed by atoms with Crippen LogP contribution in [0.15, 0.2) is 0 Å². The van der Waals surface area contributed by atoms with Gasteiger partial charge in [0.2, 0.25) is 5.91 Å². The van der Waals surface area contributed by atoms with Crippen LogP contribution in [-0.4, -0.2) is 56.2 Å². The predicted octanol–water partition coefficient (Wildman–Crippen LogP) is 0.731. The topological polar surface area (TPSA) is 67.6 Å². The summed E-state index contributed by atoms with van der Waals surface area (Å²) < 4.78 is 5.31. The van der Waals surface area contributed by atoms with Crippen LogP contribution in [0, 0.1) is 5.92 Å². The molecule has 0 spiro atoms. The smallest absolute Gasteiger partial charge is 0.234 e. The van der Waals surface area contributed by atoms with Gasteiger partial charge in [0.05, 0.1) is 6.54 Å². The maximum atomic E-state index is 12.1. The zero-order chi connectivity index (χ0) is 14.4. The van der Waals surface area contributed by atoms with E-state index in [1.54, 1.807) is 0 Å². The van der Waals surface area contributed by atoms with Crippen LogP contribution in [-0.2, 0) is 9.53 Å². The molecule has 1 aliphatic heterocycles. The fourth-order valence-electron chi connectivity index (χ4n) is 3.50. The first-order valence-corrected chi connectivity index (χ1v) is 7.98. The van der Waals surface area contributed by atoms with E-state index in [0.29, 0.717) is 24.5 Å². The summed E-state index contributed by atoms with van der Waals surface area (Å²) in [6.45, 7) is 2.74. The minimum atomic E-state index is 0.140. The Morgan fingerprint density at radius 3 is 2.65 bits per heavy atom. The number of nitrogens with one attached hydrogen (secondary N) is 1. The van der Waals surface area contributed by atoms with Crippen molar-refractivity contribution in [1.82, 2.24) is 10.2 Å². The van der Waals surface area contributed by atoms with E-state index in [1.165, 1.54) is 25.7 Å². The molecule has 1 amide bonds. The highest BCUT2D eigenvalue weighted by molar-refractivity contribution is 5.78. The Balaban J connectivity index is 1.77. The van der Waals surface area contributed by atoms with Gasteiger partial charge in [0, 0.05) is 25.3 Å². The van der Waals surface area contributed by atoms with Crippen LogP contribution in [0.5, 0.6) is 0 Å². The second-order valence-corrected chi connectivity index (χ2v) is 6.22. The van der Waals surface area contributed by atoms with Gasteiger partial charge in [-0.05, 0) is 45.2 Å². The van der Waals surface area contributed by atoms with Crippen molar-refractivity contribution in [2.45, 2.75) is 50.6 Å². The van der Waals surface area contributed by atoms with Crippen molar-refractivity contribution in [2.24, 2.45) is 11.7 Å². The van der Waals surface area contributed by atoms with Gasteiger partial charge in [0.25, 0.3) is 0 Å². The quantitative estimate of drug-likeness (QED) is 0.780. The summed E-state index contributed by atoms with van der Waals surface area (Å²) in [5, 5.41) is 3.13. The molecule has 1 saturated heterocycles. The number of amides is 1. The number of carbonyl (C=O) groups is 1. The second kappa shape index (κ2) is 7.96. The molecule has 5 nitrogen and oxygen atoms in total. The molecule has 1 aliphatic carbocycles. The van der Waals surface area contributed by atoms with Gasteiger partial charge in [-0.3, -0.25) is 9.69 Å². The lowest BCUT2D eigenvalue weighted by Crippen LogP contribution is -2.49. The van der Waals surface area contributed by atoms with E-state index in [9.17, 15) is 4.79 Å². The number of rotatable bonds is 5. The Morgan fingerprint density at radius 1 is 1.25 bits per heavy atom. The van der Waals surface area contributed by atoms with Crippen molar-refractivity contribution in [3.63, 3.8) is 0 Å². The van der Waals surface area contributed by atoms with Crippen molar-refractivity contribution < 1.29 is 9.53 Å². The highest BCUT2D eigenvalue weighted by atomic mass is 16.5. The highest BCUT2D eigenvalue weighted by Gasteiger charge is 2.28. The van der Waals surface area contributed by atoms with Crippen molar-refractivity contribution >= 4 is 5.91 Å². The number of likely N-dealkylation sites (N-methyl/N-ethyl adjacent to an activating group) is 1. The largest absolute Gasteiger partial charge is 0.381 e. The van der Waals surface area contributed by atoms with Crippen LogP contribution in [0.1, 0.15) is 38.5 Å². The first-order valence-electron chi connectivity index (χ1n) is 7.98. The fraction of sp³-hybridized carbons (Fsp3) is 0.933. The van der Waals surface area contributed by atoms with Gasteiger partial charge in [0.1, 0.15) is 0 Å². The zero-order valence-corrected chi connectivity index (χ0v) is 12.6. The number of hydrogen-bond donors (Lipinski definition) is 2. The van der Waals surface area contributed by atoms with Crippen LogP contribution >= 0.6 is 0 Å². The van der Waals surface area contributed by atoms with Gasteiger partial charge in [0.15, 0.2) is 0 Å². The summed E-state index contributed by atoms with van der Waals surface area (Å²) in [7, 11) is 2.06. The monoisotopic (exact) mass is 283 g/mol. The van der Waals surface area contributed by atoms with Gasteiger partial charge in [-0.25, -0.2) is 0 Å². The van der Waals surface area contributed by atoms with E-state index >= 15 is 0 Å². The fourth-order valence-corrected chi connectivity index (χ4v) is 3.50. The molecular weight excluding hydrogens is 254 g/mol. The average molecular weight is 283 g/mol. The summed E-state index contributed by atoms with van der Waals surface area (Å²) >= 11 is 0. The SMILES string of the molecule is CN(CC(=O)NC1CCOCC1)C1CCCCC1CN. The third-order valence-corrected chi connectivity index (χ3v) is 4.72. The van der Waals surface area contributed by atoms with Crippen molar-refractivity contribution in [3.8, 4) is 0 Å². The van der Waals surface area contributed by atoms with Gasteiger partial charge in [-0.2, -0.15) is 0 Å². The minimum Gasteiger partial charge on any atom is -0.381 e. The molecule has 0 radical (unpaired) electrons. The molecule has 2 rings (SSSR count). The summed E-state index contributed by atoms with van der Waals surface area (Å²) in [6.07, 6.45) is 6.78. The molecule has 0 aromatic carbocycles. The Morgan fingerprint density at radius 2 is 1.95 bits per heavy atom. The Hall–Kier alpha value is -0.650. The third kappa shape index (κ3) is 4.43. The second-order valence-electron chi connectivity index (χ2n) is 6.22. The number of ether oxygens (including phenoxy) is 1. The molecule has 2 atom stereocenters. The van der Waals surface area contributed by atoms with E-state index in [-0.39, 0.29) is 5.91 Å². The van der Waals surface area contributed by atoms with E-state index < -0.39 is 0 Å². The molecule has 2 aliphatic rings.